The number of nitrogens with one attached hydrogen (secondary N) is 2. The van der Waals surface area contributed by atoms with Crippen LogP contribution in [0, 0.1) is 11.6 Å². The minimum absolute atomic E-state index is 0.271. The SMILES string of the molecule is CC(CC(O)c1ccccc1)NC(=O)NC(C)c1ccc(F)c(F)c1. The third-order valence-corrected chi connectivity index (χ3v) is 3.93. The van der Waals surface area contributed by atoms with Crippen LogP contribution in [0.3, 0.4) is 0 Å². The quantitative estimate of drug-likeness (QED) is 0.743. The Morgan fingerprint density at radius 3 is 2.32 bits per heavy atom. The Morgan fingerprint density at radius 2 is 1.68 bits per heavy atom. The number of hydrogen-bond donors (Lipinski definition) is 3. The fourth-order valence-corrected chi connectivity index (χ4v) is 2.53. The number of carbonyl (C=O) groups excluding carboxylic acids is 1. The van der Waals surface area contributed by atoms with E-state index in [9.17, 15) is 18.7 Å². The van der Waals surface area contributed by atoms with Crippen molar-refractivity contribution >= 4 is 6.03 Å². The number of carbonyl (C=O) groups is 1. The first kappa shape index (κ1) is 18.9. The van der Waals surface area contributed by atoms with E-state index in [1.165, 1.54) is 6.07 Å². The second kappa shape index (κ2) is 8.58. The molecule has 2 amide bonds. The molecule has 25 heavy (non-hydrogen) atoms. The highest BCUT2D eigenvalue weighted by molar-refractivity contribution is 5.74. The molecule has 3 N–H and O–H groups in total. The van der Waals surface area contributed by atoms with Crippen molar-refractivity contribution in [2.75, 3.05) is 0 Å². The van der Waals surface area contributed by atoms with Gasteiger partial charge in [-0.3, -0.25) is 0 Å². The number of halogens is 2. The molecule has 4 nitrogen and oxygen atoms in total. The fraction of sp³-hybridized carbons (Fsp3) is 0.316. The van der Waals surface area contributed by atoms with Crippen molar-refractivity contribution in [2.45, 2.75) is 38.5 Å². The summed E-state index contributed by atoms with van der Waals surface area (Å²) in [6, 6.07) is 11.5. The van der Waals surface area contributed by atoms with E-state index in [0.717, 1.165) is 17.7 Å². The summed E-state index contributed by atoms with van der Waals surface area (Å²) in [5.74, 6) is -1.88. The number of benzene rings is 2. The molecule has 0 fully saturated rings. The maximum atomic E-state index is 13.3. The predicted molar refractivity (Wildman–Crippen MR) is 91.9 cm³/mol. The summed E-state index contributed by atoms with van der Waals surface area (Å²) in [4.78, 5) is 12.0. The minimum Gasteiger partial charge on any atom is -0.388 e. The van der Waals surface area contributed by atoms with E-state index in [4.69, 9.17) is 0 Å². The van der Waals surface area contributed by atoms with Crippen molar-refractivity contribution < 1.29 is 18.7 Å². The molecule has 6 heteroatoms. The summed E-state index contributed by atoms with van der Waals surface area (Å²) in [5, 5.41) is 15.6. The molecular formula is C19H22F2N2O2. The second-order valence-corrected chi connectivity index (χ2v) is 6.08. The predicted octanol–water partition coefficient (Wildman–Crippen LogP) is 3.84. The van der Waals surface area contributed by atoms with Crippen molar-refractivity contribution in [1.82, 2.24) is 10.6 Å². The summed E-state index contributed by atoms with van der Waals surface area (Å²) in [6.45, 7) is 3.46. The lowest BCUT2D eigenvalue weighted by Gasteiger charge is -2.20. The highest BCUT2D eigenvalue weighted by Gasteiger charge is 2.16. The Hall–Kier alpha value is -2.47. The van der Waals surface area contributed by atoms with Crippen LogP contribution in [-0.4, -0.2) is 17.2 Å². The molecular weight excluding hydrogens is 326 g/mol. The van der Waals surface area contributed by atoms with Crippen LogP contribution in [0.15, 0.2) is 48.5 Å². The number of aliphatic hydroxyl groups excluding tert-OH is 1. The molecule has 2 rings (SSSR count). The lowest BCUT2D eigenvalue weighted by atomic mass is 10.0. The number of aliphatic hydroxyl groups is 1. The molecule has 0 spiro atoms. The average Bonchev–Trinajstić information content (AvgIpc) is 2.57. The third-order valence-electron chi connectivity index (χ3n) is 3.93. The van der Waals surface area contributed by atoms with Crippen LogP contribution in [0.2, 0.25) is 0 Å². The van der Waals surface area contributed by atoms with Crippen LogP contribution < -0.4 is 10.6 Å². The van der Waals surface area contributed by atoms with Crippen molar-refractivity contribution in [3.05, 3.63) is 71.3 Å². The Labute approximate surface area is 145 Å². The van der Waals surface area contributed by atoms with Gasteiger partial charge >= 0.3 is 6.03 Å². The van der Waals surface area contributed by atoms with E-state index in [-0.39, 0.29) is 6.04 Å². The summed E-state index contributed by atoms with van der Waals surface area (Å²) in [7, 11) is 0. The Morgan fingerprint density at radius 1 is 1.00 bits per heavy atom. The van der Waals surface area contributed by atoms with Gasteiger partial charge in [-0.15, -0.1) is 0 Å². The minimum atomic E-state index is -0.953. The lowest BCUT2D eigenvalue weighted by Crippen LogP contribution is -2.42. The van der Waals surface area contributed by atoms with Crippen LogP contribution in [0.25, 0.3) is 0 Å². The summed E-state index contributed by atoms with van der Waals surface area (Å²) >= 11 is 0. The van der Waals surface area contributed by atoms with Gasteiger partial charge in [-0.1, -0.05) is 36.4 Å². The van der Waals surface area contributed by atoms with Crippen molar-refractivity contribution in [3.8, 4) is 0 Å². The molecule has 0 aliphatic heterocycles. The zero-order chi connectivity index (χ0) is 18.4. The summed E-state index contributed by atoms with van der Waals surface area (Å²) in [6.07, 6.45) is -0.322. The van der Waals surface area contributed by atoms with Gasteiger partial charge in [-0.05, 0) is 43.5 Å². The van der Waals surface area contributed by atoms with Gasteiger partial charge in [0.25, 0.3) is 0 Å². The zero-order valence-electron chi connectivity index (χ0n) is 14.2. The van der Waals surface area contributed by atoms with Crippen LogP contribution in [0.5, 0.6) is 0 Å². The molecule has 0 aromatic heterocycles. The first-order chi connectivity index (χ1) is 11.9. The molecule has 2 aromatic rings. The van der Waals surface area contributed by atoms with Crippen LogP contribution >= 0.6 is 0 Å². The number of rotatable bonds is 6. The molecule has 0 saturated heterocycles. The molecule has 2 aromatic carbocycles. The van der Waals surface area contributed by atoms with Gasteiger partial charge in [-0.2, -0.15) is 0 Å². The first-order valence-corrected chi connectivity index (χ1v) is 8.11. The topological polar surface area (TPSA) is 61.4 Å². The van der Waals surface area contributed by atoms with Gasteiger partial charge < -0.3 is 15.7 Å². The van der Waals surface area contributed by atoms with Crippen molar-refractivity contribution in [3.63, 3.8) is 0 Å². The van der Waals surface area contributed by atoms with E-state index >= 15 is 0 Å². The highest BCUT2D eigenvalue weighted by Crippen LogP contribution is 2.18. The molecule has 0 aliphatic carbocycles. The van der Waals surface area contributed by atoms with Crippen LogP contribution in [0.1, 0.15) is 43.5 Å². The maximum absolute atomic E-state index is 13.3. The standard InChI is InChI=1S/C19H22F2N2O2/c1-12(10-18(24)14-6-4-3-5-7-14)22-19(25)23-13(2)15-8-9-16(20)17(21)11-15/h3-9,11-13,18,24H,10H2,1-2H3,(H2,22,23,25). The van der Waals surface area contributed by atoms with Gasteiger partial charge in [0.1, 0.15) is 0 Å². The Bertz CT molecular complexity index is 710. The van der Waals surface area contributed by atoms with E-state index < -0.39 is 29.8 Å². The van der Waals surface area contributed by atoms with Gasteiger partial charge in [0.15, 0.2) is 11.6 Å². The van der Waals surface area contributed by atoms with Crippen molar-refractivity contribution in [2.24, 2.45) is 0 Å². The third kappa shape index (κ3) is 5.53. The van der Waals surface area contributed by atoms with Gasteiger partial charge in [0.05, 0.1) is 12.1 Å². The largest absolute Gasteiger partial charge is 0.388 e. The Kier molecular flexibility index (Phi) is 6.47. The molecule has 0 saturated carbocycles. The molecule has 0 heterocycles. The fourth-order valence-electron chi connectivity index (χ4n) is 2.53. The molecule has 0 radical (unpaired) electrons. The zero-order valence-corrected chi connectivity index (χ0v) is 14.2. The molecule has 134 valence electrons. The maximum Gasteiger partial charge on any atom is 0.315 e. The molecule has 0 bridgehead atoms. The molecule has 3 unspecified atom stereocenters. The summed E-state index contributed by atoms with van der Waals surface area (Å²) < 4.78 is 26.2. The normalized spacial score (nSPS) is 14.4. The number of hydrogen-bond acceptors (Lipinski definition) is 2. The van der Waals surface area contributed by atoms with Crippen molar-refractivity contribution in [1.29, 1.82) is 0 Å². The van der Waals surface area contributed by atoms with E-state index in [1.54, 1.807) is 13.8 Å². The monoisotopic (exact) mass is 348 g/mol. The average molecular weight is 348 g/mol. The smallest absolute Gasteiger partial charge is 0.315 e. The number of amides is 2. The number of urea groups is 1. The lowest BCUT2D eigenvalue weighted by molar-refractivity contribution is 0.154. The highest BCUT2D eigenvalue weighted by atomic mass is 19.2. The van der Waals surface area contributed by atoms with Crippen LogP contribution in [-0.2, 0) is 0 Å². The van der Waals surface area contributed by atoms with E-state index in [0.29, 0.717) is 12.0 Å². The van der Waals surface area contributed by atoms with Gasteiger partial charge in [0.2, 0.25) is 0 Å². The Balaban J connectivity index is 1.85. The second-order valence-electron chi connectivity index (χ2n) is 6.08. The van der Waals surface area contributed by atoms with Crippen LogP contribution in [0.4, 0.5) is 13.6 Å². The first-order valence-electron chi connectivity index (χ1n) is 8.11. The molecule has 3 atom stereocenters. The van der Waals surface area contributed by atoms with Gasteiger partial charge in [-0.25, -0.2) is 13.6 Å². The van der Waals surface area contributed by atoms with Gasteiger partial charge in [0, 0.05) is 6.04 Å². The van der Waals surface area contributed by atoms with E-state index in [2.05, 4.69) is 10.6 Å². The summed E-state index contributed by atoms with van der Waals surface area (Å²) in [5.41, 5.74) is 1.25. The molecule has 0 aliphatic rings. The van der Waals surface area contributed by atoms with E-state index in [1.807, 2.05) is 30.3 Å².